The lowest BCUT2D eigenvalue weighted by molar-refractivity contribution is 0.240. The van der Waals surface area contributed by atoms with Crippen LogP contribution in [0.25, 0.3) is 0 Å². The fraction of sp³-hybridized carbons (Fsp3) is 0.294. The van der Waals surface area contributed by atoms with Crippen molar-refractivity contribution >= 4 is 0 Å². The van der Waals surface area contributed by atoms with E-state index in [1.165, 1.54) is 5.56 Å². The molecule has 0 radical (unpaired) electrons. The zero-order valence-corrected chi connectivity index (χ0v) is 11.7. The first kappa shape index (κ1) is 14.6. The highest BCUT2D eigenvalue weighted by molar-refractivity contribution is 5.35. The SMILES string of the molecule is Cc1ccc(O)c(CN[C@H](CO)Cc2ccccc2)c1. The van der Waals surface area contributed by atoms with Gasteiger partial charge < -0.3 is 15.5 Å². The highest BCUT2D eigenvalue weighted by Crippen LogP contribution is 2.18. The van der Waals surface area contributed by atoms with Crippen molar-refractivity contribution in [3.05, 3.63) is 65.2 Å². The largest absolute Gasteiger partial charge is 0.508 e. The maximum atomic E-state index is 9.81. The van der Waals surface area contributed by atoms with Crippen LogP contribution >= 0.6 is 0 Å². The van der Waals surface area contributed by atoms with Crippen LogP contribution < -0.4 is 5.32 Å². The van der Waals surface area contributed by atoms with E-state index in [1.807, 2.05) is 37.3 Å². The minimum Gasteiger partial charge on any atom is -0.508 e. The first-order valence-electron chi connectivity index (χ1n) is 6.85. The first-order valence-corrected chi connectivity index (χ1v) is 6.85. The van der Waals surface area contributed by atoms with Gasteiger partial charge in [0.1, 0.15) is 5.75 Å². The fourth-order valence-corrected chi connectivity index (χ4v) is 2.21. The summed E-state index contributed by atoms with van der Waals surface area (Å²) in [7, 11) is 0. The zero-order chi connectivity index (χ0) is 14.4. The Bertz CT molecular complexity index is 540. The molecule has 0 aliphatic heterocycles. The van der Waals surface area contributed by atoms with Crippen molar-refractivity contribution in [1.82, 2.24) is 5.32 Å². The molecular formula is C17H21NO2. The Labute approximate surface area is 119 Å². The standard InChI is InChI=1S/C17H21NO2/c1-13-7-8-17(20)15(9-13)11-18-16(12-19)10-14-5-3-2-4-6-14/h2-9,16,18-20H,10-12H2,1H3/t16-/m0/s1. The molecule has 0 fully saturated rings. The number of nitrogens with one attached hydrogen (secondary N) is 1. The topological polar surface area (TPSA) is 52.5 Å². The molecule has 0 aromatic heterocycles. The highest BCUT2D eigenvalue weighted by atomic mass is 16.3. The van der Waals surface area contributed by atoms with Gasteiger partial charge in [-0.15, -0.1) is 0 Å². The molecule has 3 nitrogen and oxygen atoms in total. The van der Waals surface area contributed by atoms with Crippen molar-refractivity contribution in [2.45, 2.75) is 25.9 Å². The molecule has 2 aromatic carbocycles. The number of aryl methyl sites for hydroxylation is 1. The van der Waals surface area contributed by atoms with Crippen LogP contribution in [0, 0.1) is 6.92 Å². The number of aromatic hydroxyl groups is 1. The van der Waals surface area contributed by atoms with Crippen molar-refractivity contribution in [2.24, 2.45) is 0 Å². The van der Waals surface area contributed by atoms with Crippen LogP contribution in [0.4, 0.5) is 0 Å². The molecule has 0 heterocycles. The lowest BCUT2D eigenvalue weighted by Crippen LogP contribution is -2.34. The van der Waals surface area contributed by atoms with Crippen LogP contribution in [0.5, 0.6) is 5.75 Å². The van der Waals surface area contributed by atoms with Crippen LogP contribution in [-0.4, -0.2) is 22.9 Å². The van der Waals surface area contributed by atoms with Crippen molar-refractivity contribution in [3.63, 3.8) is 0 Å². The normalized spacial score (nSPS) is 12.3. The summed E-state index contributed by atoms with van der Waals surface area (Å²) in [4.78, 5) is 0. The average Bonchev–Trinajstić information content (AvgIpc) is 2.47. The van der Waals surface area contributed by atoms with E-state index in [4.69, 9.17) is 0 Å². The van der Waals surface area contributed by atoms with Crippen molar-refractivity contribution in [3.8, 4) is 5.75 Å². The first-order chi connectivity index (χ1) is 9.69. The molecule has 3 heteroatoms. The Kier molecular flexibility index (Phi) is 5.16. The molecule has 0 aliphatic carbocycles. The minimum atomic E-state index is -0.0164. The number of phenols is 1. The Morgan fingerprint density at radius 1 is 1.10 bits per heavy atom. The van der Waals surface area contributed by atoms with E-state index in [9.17, 15) is 10.2 Å². The number of hydrogen-bond donors (Lipinski definition) is 3. The Morgan fingerprint density at radius 3 is 2.55 bits per heavy atom. The number of aliphatic hydroxyl groups excluding tert-OH is 1. The third kappa shape index (κ3) is 4.08. The molecule has 0 aliphatic rings. The Hall–Kier alpha value is -1.84. The average molecular weight is 271 g/mol. The lowest BCUT2D eigenvalue weighted by atomic mass is 10.1. The summed E-state index contributed by atoms with van der Waals surface area (Å²) >= 11 is 0. The van der Waals surface area contributed by atoms with Crippen LogP contribution in [-0.2, 0) is 13.0 Å². The lowest BCUT2D eigenvalue weighted by Gasteiger charge is -2.17. The van der Waals surface area contributed by atoms with E-state index in [0.717, 1.165) is 17.5 Å². The summed E-state index contributed by atoms with van der Waals surface area (Å²) < 4.78 is 0. The molecular weight excluding hydrogens is 250 g/mol. The number of phenolic OH excluding ortho intramolecular Hbond substituents is 1. The van der Waals surface area contributed by atoms with Gasteiger partial charge in [-0.1, -0.05) is 48.0 Å². The summed E-state index contributed by atoms with van der Waals surface area (Å²) in [5.41, 5.74) is 3.16. The maximum Gasteiger partial charge on any atom is 0.120 e. The second kappa shape index (κ2) is 7.08. The van der Waals surface area contributed by atoms with Crippen LogP contribution in [0.1, 0.15) is 16.7 Å². The third-order valence-corrected chi connectivity index (χ3v) is 3.36. The van der Waals surface area contributed by atoms with Crippen molar-refractivity contribution in [2.75, 3.05) is 6.61 Å². The molecule has 2 rings (SSSR count). The monoisotopic (exact) mass is 271 g/mol. The van der Waals surface area contributed by atoms with Gasteiger partial charge in [-0.2, -0.15) is 0 Å². The molecule has 20 heavy (non-hydrogen) atoms. The van der Waals surface area contributed by atoms with Gasteiger partial charge in [-0.05, 0) is 25.0 Å². The van der Waals surface area contributed by atoms with E-state index in [-0.39, 0.29) is 12.6 Å². The number of hydrogen-bond acceptors (Lipinski definition) is 3. The maximum absolute atomic E-state index is 9.81. The van der Waals surface area contributed by atoms with E-state index in [1.54, 1.807) is 6.07 Å². The summed E-state index contributed by atoms with van der Waals surface area (Å²) in [6, 6.07) is 15.6. The number of benzene rings is 2. The van der Waals surface area contributed by atoms with Gasteiger partial charge in [0.2, 0.25) is 0 Å². The molecule has 3 N–H and O–H groups in total. The summed E-state index contributed by atoms with van der Waals surface area (Å²) in [5, 5.41) is 22.6. The quantitative estimate of drug-likeness (QED) is 0.756. The molecule has 106 valence electrons. The predicted octanol–water partition coefficient (Wildman–Crippen LogP) is 2.39. The second-order valence-electron chi connectivity index (χ2n) is 5.08. The van der Waals surface area contributed by atoms with E-state index < -0.39 is 0 Å². The smallest absolute Gasteiger partial charge is 0.120 e. The van der Waals surface area contributed by atoms with Gasteiger partial charge in [0, 0.05) is 18.2 Å². The van der Waals surface area contributed by atoms with Crippen molar-refractivity contribution < 1.29 is 10.2 Å². The Balaban J connectivity index is 1.95. The number of rotatable bonds is 6. The van der Waals surface area contributed by atoms with Gasteiger partial charge in [0.15, 0.2) is 0 Å². The summed E-state index contributed by atoms with van der Waals surface area (Å²) in [6.07, 6.45) is 0.768. The predicted molar refractivity (Wildman–Crippen MR) is 80.7 cm³/mol. The van der Waals surface area contributed by atoms with Gasteiger partial charge >= 0.3 is 0 Å². The van der Waals surface area contributed by atoms with Crippen LogP contribution in [0.3, 0.4) is 0 Å². The van der Waals surface area contributed by atoms with Crippen LogP contribution in [0.15, 0.2) is 48.5 Å². The molecule has 0 spiro atoms. The molecule has 1 atom stereocenters. The van der Waals surface area contributed by atoms with E-state index in [0.29, 0.717) is 12.3 Å². The van der Waals surface area contributed by atoms with E-state index in [2.05, 4.69) is 17.4 Å². The minimum absolute atomic E-state index is 0.0164. The molecule has 0 saturated carbocycles. The molecule has 2 aromatic rings. The van der Waals surface area contributed by atoms with E-state index >= 15 is 0 Å². The Morgan fingerprint density at radius 2 is 1.85 bits per heavy atom. The summed E-state index contributed by atoms with van der Waals surface area (Å²) in [6.45, 7) is 2.61. The molecule has 0 bridgehead atoms. The third-order valence-electron chi connectivity index (χ3n) is 3.36. The van der Waals surface area contributed by atoms with Crippen molar-refractivity contribution in [1.29, 1.82) is 0 Å². The second-order valence-corrected chi connectivity index (χ2v) is 5.08. The molecule has 0 unspecified atom stereocenters. The fourth-order valence-electron chi connectivity index (χ4n) is 2.21. The molecule has 0 saturated heterocycles. The van der Waals surface area contributed by atoms with Crippen LogP contribution in [0.2, 0.25) is 0 Å². The summed E-state index contributed by atoms with van der Waals surface area (Å²) in [5.74, 6) is 0.291. The van der Waals surface area contributed by atoms with Gasteiger partial charge in [-0.25, -0.2) is 0 Å². The highest BCUT2D eigenvalue weighted by Gasteiger charge is 2.09. The van der Waals surface area contributed by atoms with Gasteiger partial charge in [-0.3, -0.25) is 0 Å². The van der Waals surface area contributed by atoms with Gasteiger partial charge in [0.05, 0.1) is 6.61 Å². The number of aliphatic hydroxyl groups is 1. The van der Waals surface area contributed by atoms with Gasteiger partial charge in [0.25, 0.3) is 0 Å². The molecule has 0 amide bonds. The zero-order valence-electron chi connectivity index (χ0n) is 11.7.